The lowest BCUT2D eigenvalue weighted by atomic mass is 9.74. The number of carbonyl (C=O) groups is 2. The number of ether oxygens (including phenoxy) is 7. The van der Waals surface area contributed by atoms with Crippen LogP contribution in [0.4, 0.5) is 0 Å². The lowest BCUT2D eigenvalue weighted by Gasteiger charge is -2.49. The Kier molecular flexibility index (Phi) is 15.3. The van der Waals surface area contributed by atoms with Gasteiger partial charge in [-0.3, -0.25) is 9.59 Å². The van der Waals surface area contributed by atoms with Gasteiger partial charge in [0.15, 0.2) is 12.6 Å². The fraction of sp³-hybridized carbons (Fsp3) is 0.947. The molecule has 0 aliphatic carbocycles. The van der Waals surface area contributed by atoms with Gasteiger partial charge in [-0.25, -0.2) is 0 Å². The minimum atomic E-state index is -1.76. The summed E-state index contributed by atoms with van der Waals surface area (Å²) in [6, 6.07) is -0.312. The Balaban J connectivity index is 2.20. The van der Waals surface area contributed by atoms with E-state index < -0.39 is 102 Å². The topological polar surface area (TPSA) is 183 Å². The van der Waals surface area contributed by atoms with Crippen LogP contribution in [0.25, 0.3) is 0 Å². The van der Waals surface area contributed by atoms with E-state index in [1.807, 2.05) is 25.9 Å². The van der Waals surface area contributed by atoms with E-state index in [-0.39, 0.29) is 37.2 Å². The average molecular weight is 748 g/mol. The molecule has 3 heterocycles. The van der Waals surface area contributed by atoms with Crippen molar-refractivity contribution in [3.8, 4) is 0 Å². The number of esters is 1. The molecule has 3 saturated heterocycles. The summed E-state index contributed by atoms with van der Waals surface area (Å²) in [5.74, 6) is -4.52. The largest absolute Gasteiger partial charge is 0.459 e. The van der Waals surface area contributed by atoms with Crippen LogP contribution in [-0.2, 0) is 42.7 Å². The van der Waals surface area contributed by atoms with E-state index in [1.165, 1.54) is 14.2 Å². The summed E-state index contributed by atoms with van der Waals surface area (Å²) in [7, 11) is 6.62. The molecule has 0 radical (unpaired) electrons. The minimum absolute atomic E-state index is 0.0925. The fourth-order valence-corrected chi connectivity index (χ4v) is 8.64. The van der Waals surface area contributed by atoms with Gasteiger partial charge in [0.1, 0.15) is 29.7 Å². The molecule has 0 aromatic carbocycles. The second-order valence-corrected chi connectivity index (χ2v) is 16.6. The van der Waals surface area contributed by atoms with E-state index in [9.17, 15) is 30.0 Å². The Bertz CT molecular complexity index is 1190. The molecule has 0 saturated carbocycles. The number of rotatable bonds is 8. The van der Waals surface area contributed by atoms with Crippen molar-refractivity contribution in [2.75, 3.05) is 28.3 Å². The number of aliphatic hydroxyl groups excluding tert-OH is 3. The van der Waals surface area contributed by atoms with E-state index in [2.05, 4.69) is 0 Å². The maximum atomic E-state index is 14.2. The van der Waals surface area contributed by atoms with E-state index in [1.54, 1.807) is 62.3 Å². The Morgan fingerprint density at radius 3 is 2.02 bits per heavy atom. The average Bonchev–Trinajstić information content (AvgIpc) is 3.08. The molecule has 0 spiro atoms. The summed E-state index contributed by atoms with van der Waals surface area (Å²) in [6.07, 6.45) is -8.87. The predicted molar refractivity (Wildman–Crippen MR) is 191 cm³/mol. The Hall–Kier alpha value is -1.30. The van der Waals surface area contributed by atoms with Crippen molar-refractivity contribution in [1.82, 2.24) is 4.90 Å². The van der Waals surface area contributed by atoms with Crippen LogP contribution in [0.1, 0.15) is 94.9 Å². The molecule has 3 fully saturated rings. The normalized spacial score (nSPS) is 49.0. The van der Waals surface area contributed by atoms with E-state index in [0.717, 1.165) is 0 Å². The third-order valence-electron chi connectivity index (χ3n) is 12.2. The molecule has 0 bridgehead atoms. The van der Waals surface area contributed by atoms with Gasteiger partial charge in [-0.15, -0.1) is 0 Å². The molecule has 3 rings (SSSR count). The number of hydrogen-bond donors (Lipinski definition) is 4. The molecule has 14 nitrogen and oxygen atoms in total. The zero-order valence-electron chi connectivity index (χ0n) is 33.9. The second kappa shape index (κ2) is 17.7. The number of nitrogens with zero attached hydrogens (tertiary/aromatic N) is 1. The number of carbonyl (C=O) groups excluding carboxylic acids is 2. The van der Waals surface area contributed by atoms with Crippen molar-refractivity contribution in [3.63, 3.8) is 0 Å². The molecule has 2 unspecified atom stereocenters. The third-order valence-corrected chi connectivity index (χ3v) is 12.2. The second-order valence-electron chi connectivity index (χ2n) is 16.6. The number of methoxy groups -OCH3 is 2. The van der Waals surface area contributed by atoms with Gasteiger partial charge >= 0.3 is 5.97 Å². The van der Waals surface area contributed by atoms with Crippen molar-refractivity contribution in [2.45, 2.75) is 179 Å². The lowest BCUT2D eigenvalue weighted by molar-refractivity contribution is -0.318. The van der Waals surface area contributed by atoms with Crippen LogP contribution >= 0.6 is 0 Å². The van der Waals surface area contributed by atoms with Crippen LogP contribution < -0.4 is 0 Å². The molecule has 14 heteroatoms. The van der Waals surface area contributed by atoms with Crippen LogP contribution in [0.3, 0.4) is 0 Å². The van der Waals surface area contributed by atoms with Crippen LogP contribution in [-0.4, -0.2) is 150 Å². The van der Waals surface area contributed by atoms with Crippen molar-refractivity contribution in [1.29, 1.82) is 0 Å². The maximum Gasteiger partial charge on any atom is 0.311 e. The molecule has 52 heavy (non-hydrogen) atoms. The van der Waals surface area contributed by atoms with E-state index >= 15 is 0 Å². The number of Topliss-reactive ketones (excluding diaryl/α,β-unsaturated/α-hetero) is 1. The summed E-state index contributed by atoms with van der Waals surface area (Å²) >= 11 is 0. The minimum Gasteiger partial charge on any atom is -0.459 e. The first kappa shape index (κ1) is 45.1. The molecule has 304 valence electrons. The number of ketones is 1. The van der Waals surface area contributed by atoms with E-state index in [4.69, 9.17) is 33.2 Å². The molecule has 3 aliphatic heterocycles. The van der Waals surface area contributed by atoms with Gasteiger partial charge in [0.25, 0.3) is 0 Å². The SMILES string of the molecule is CCC1OC(=O)[C@H](C)C(O[C@H]2C[C@@](C)(OC)[C@@H](O)[C@H](C)O2)[C@H](C)[C@@H](O[C@@H]2O[C@H](C)C[C@H](N(C)C)[C@H]2O)[C@](C)(O)C[C@@H](C)C(=O)[C@H](C)[C@@H](O)[C@]1(C)OC. The van der Waals surface area contributed by atoms with Gasteiger partial charge < -0.3 is 58.5 Å². The Morgan fingerprint density at radius 1 is 0.865 bits per heavy atom. The predicted octanol–water partition coefficient (Wildman–Crippen LogP) is 2.44. The monoisotopic (exact) mass is 747 g/mol. The molecule has 0 aromatic rings. The summed E-state index contributed by atoms with van der Waals surface area (Å²) in [4.78, 5) is 30.1. The molecule has 0 amide bonds. The summed E-state index contributed by atoms with van der Waals surface area (Å²) < 4.78 is 43.3. The summed E-state index contributed by atoms with van der Waals surface area (Å²) in [5.41, 5.74) is -4.25. The van der Waals surface area contributed by atoms with Gasteiger partial charge in [0.2, 0.25) is 0 Å². The number of aliphatic hydroxyl groups is 4. The highest BCUT2D eigenvalue weighted by atomic mass is 16.7. The third kappa shape index (κ3) is 9.38. The van der Waals surface area contributed by atoms with Crippen LogP contribution in [0, 0.1) is 23.7 Å². The van der Waals surface area contributed by atoms with Crippen LogP contribution in [0.15, 0.2) is 0 Å². The van der Waals surface area contributed by atoms with Crippen LogP contribution in [0.5, 0.6) is 0 Å². The molecule has 0 aromatic heterocycles. The van der Waals surface area contributed by atoms with Crippen molar-refractivity contribution in [2.24, 2.45) is 23.7 Å². The quantitative estimate of drug-likeness (QED) is 0.266. The first-order valence-electron chi connectivity index (χ1n) is 18.9. The number of likely N-dealkylation sites (N-methyl/N-ethyl adjacent to an activating group) is 1. The van der Waals surface area contributed by atoms with Crippen molar-refractivity contribution >= 4 is 11.8 Å². The van der Waals surface area contributed by atoms with Crippen LogP contribution in [0.2, 0.25) is 0 Å². The first-order chi connectivity index (χ1) is 24.0. The van der Waals surface area contributed by atoms with Crippen molar-refractivity contribution < 1.29 is 63.2 Å². The molecule has 3 aliphatic rings. The van der Waals surface area contributed by atoms with Crippen molar-refractivity contribution in [3.05, 3.63) is 0 Å². The molecular weight excluding hydrogens is 678 g/mol. The summed E-state index contributed by atoms with van der Waals surface area (Å²) in [5, 5.41) is 46.5. The zero-order chi connectivity index (χ0) is 39.7. The standard InChI is InChI=1S/C38H69NO13/c1-15-26-38(10,47-14)31(42)21(4)28(40)19(2)17-36(8,45)33(52-35-29(41)25(39(11)12)16-20(3)48-35)22(5)30(23(6)34(44)50-26)51-27-18-37(9,46-13)32(43)24(7)49-27/h19-27,29-33,35,41-43,45H,15-18H2,1-14H3/t19-,20-,21+,22+,23-,24+,25+,26?,27+,29-,30?,31-,32+,33-,35+,36-,37-,38-/m1/s1. The van der Waals surface area contributed by atoms with E-state index in [0.29, 0.717) is 6.42 Å². The maximum absolute atomic E-state index is 14.2. The Morgan fingerprint density at radius 2 is 1.48 bits per heavy atom. The first-order valence-corrected chi connectivity index (χ1v) is 18.9. The highest BCUT2D eigenvalue weighted by molar-refractivity contribution is 5.83. The molecule has 18 atom stereocenters. The highest BCUT2D eigenvalue weighted by Gasteiger charge is 2.54. The van der Waals surface area contributed by atoms with Gasteiger partial charge in [-0.2, -0.15) is 0 Å². The summed E-state index contributed by atoms with van der Waals surface area (Å²) in [6.45, 7) is 17.0. The fourth-order valence-electron chi connectivity index (χ4n) is 8.64. The molecular formula is C38H69NO13. The zero-order valence-corrected chi connectivity index (χ0v) is 33.9. The van der Waals surface area contributed by atoms with Gasteiger partial charge in [-0.1, -0.05) is 27.7 Å². The van der Waals surface area contributed by atoms with Gasteiger partial charge in [0.05, 0.1) is 47.6 Å². The number of cyclic esters (lactones) is 1. The van der Waals surface area contributed by atoms with Gasteiger partial charge in [0, 0.05) is 44.4 Å². The number of hydrogen-bond acceptors (Lipinski definition) is 14. The Labute approximate surface area is 310 Å². The smallest absolute Gasteiger partial charge is 0.311 e. The molecule has 4 N–H and O–H groups in total. The highest BCUT2D eigenvalue weighted by Crippen LogP contribution is 2.41. The lowest BCUT2D eigenvalue weighted by Crippen LogP contribution is -2.61. The van der Waals surface area contributed by atoms with Gasteiger partial charge in [-0.05, 0) is 74.9 Å².